The number of benzene rings is 2. The summed E-state index contributed by atoms with van der Waals surface area (Å²) >= 11 is 0. The number of carbonyl (C=O) groups is 1. The van der Waals surface area contributed by atoms with Crippen molar-refractivity contribution < 1.29 is 14.6 Å². The Balaban J connectivity index is 2.16. The molecule has 1 amide bonds. The van der Waals surface area contributed by atoms with Crippen LogP contribution < -0.4 is 15.8 Å². The fourth-order valence-corrected chi connectivity index (χ4v) is 1.60. The molecular weight excluding hydrogens is 244 g/mol. The second-order valence-electron chi connectivity index (χ2n) is 3.96. The number of carbonyl (C=O) groups excluding carboxylic acids is 1. The molecule has 0 saturated heterocycles. The monoisotopic (exact) mass is 258 g/mol. The Kier molecular flexibility index (Phi) is 3.56. The molecule has 19 heavy (non-hydrogen) atoms. The molecule has 98 valence electrons. The van der Waals surface area contributed by atoms with Crippen molar-refractivity contribution in [2.45, 2.75) is 0 Å². The van der Waals surface area contributed by atoms with E-state index in [4.69, 9.17) is 10.5 Å². The van der Waals surface area contributed by atoms with Gasteiger partial charge in [-0.05, 0) is 42.5 Å². The summed E-state index contributed by atoms with van der Waals surface area (Å²) < 4.78 is 4.92. The summed E-state index contributed by atoms with van der Waals surface area (Å²) in [5.74, 6) is -0.0702. The molecule has 2 rings (SSSR count). The van der Waals surface area contributed by atoms with Crippen LogP contribution >= 0.6 is 0 Å². The number of phenolic OH excluding ortho intramolecular Hbond substituents is 1. The first kappa shape index (κ1) is 12.8. The fourth-order valence-electron chi connectivity index (χ4n) is 1.60. The fraction of sp³-hybridized carbons (Fsp3) is 0.0714. The predicted molar refractivity (Wildman–Crippen MR) is 73.5 cm³/mol. The van der Waals surface area contributed by atoms with Gasteiger partial charge in [0.15, 0.2) is 11.5 Å². The number of nitrogens with two attached hydrogens (primary N) is 1. The van der Waals surface area contributed by atoms with Gasteiger partial charge in [0, 0.05) is 16.9 Å². The van der Waals surface area contributed by atoms with Crippen LogP contribution in [0.4, 0.5) is 11.4 Å². The van der Waals surface area contributed by atoms with Gasteiger partial charge in [0.1, 0.15) is 0 Å². The second-order valence-corrected chi connectivity index (χ2v) is 3.96. The zero-order chi connectivity index (χ0) is 13.8. The molecule has 0 heterocycles. The summed E-state index contributed by atoms with van der Waals surface area (Å²) in [6, 6.07) is 11.3. The molecule has 0 bridgehead atoms. The van der Waals surface area contributed by atoms with E-state index in [1.54, 1.807) is 30.3 Å². The average molecular weight is 258 g/mol. The van der Waals surface area contributed by atoms with E-state index in [-0.39, 0.29) is 11.7 Å². The van der Waals surface area contributed by atoms with E-state index in [0.717, 1.165) is 0 Å². The van der Waals surface area contributed by atoms with Gasteiger partial charge in [-0.3, -0.25) is 4.79 Å². The summed E-state index contributed by atoms with van der Waals surface area (Å²) in [5.41, 5.74) is 7.16. The Morgan fingerprint density at radius 3 is 2.47 bits per heavy atom. The van der Waals surface area contributed by atoms with Crippen LogP contribution in [0.1, 0.15) is 10.4 Å². The molecule has 5 nitrogen and oxygen atoms in total. The highest BCUT2D eigenvalue weighted by molar-refractivity contribution is 6.04. The zero-order valence-electron chi connectivity index (χ0n) is 10.4. The maximum atomic E-state index is 12.0. The lowest BCUT2D eigenvalue weighted by Crippen LogP contribution is -2.11. The number of hydrogen-bond donors (Lipinski definition) is 3. The average Bonchev–Trinajstić information content (AvgIpc) is 2.41. The molecule has 0 aliphatic heterocycles. The second kappa shape index (κ2) is 5.30. The van der Waals surface area contributed by atoms with Crippen LogP contribution in [0.15, 0.2) is 42.5 Å². The number of amides is 1. The highest BCUT2D eigenvalue weighted by Gasteiger charge is 2.09. The normalized spacial score (nSPS) is 9.95. The lowest BCUT2D eigenvalue weighted by molar-refractivity contribution is 0.102. The van der Waals surface area contributed by atoms with Crippen LogP contribution in [0, 0.1) is 0 Å². The Labute approximate surface area is 110 Å². The van der Waals surface area contributed by atoms with Crippen molar-refractivity contribution in [2.24, 2.45) is 0 Å². The van der Waals surface area contributed by atoms with Gasteiger partial charge >= 0.3 is 0 Å². The van der Waals surface area contributed by atoms with E-state index in [1.807, 2.05) is 0 Å². The van der Waals surface area contributed by atoms with Gasteiger partial charge in [0.25, 0.3) is 5.91 Å². The molecule has 0 fully saturated rings. The first-order chi connectivity index (χ1) is 9.10. The molecule has 0 spiro atoms. The summed E-state index contributed by atoms with van der Waals surface area (Å²) in [4.78, 5) is 12.0. The van der Waals surface area contributed by atoms with Crippen LogP contribution in [0.25, 0.3) is 0 Å². The molecule has 0 aliphatic rings. The van der Waals surface area contributed by atoms with Crippen molar-refractivity contribution in [3.8, 4) is 11.5 Å². The van der Waals surface area contributed by atoms with Gasteiger partial charge in [-0.1, -0.05) is 0 Å². The van der Waals surface area contributed by atoms with E-state index >= 15 is 0 Å². The number of phenols is 1. The van der Waals surface area contributed by atoms with E-state index in [0.29, 0.717) is 22.7 Å². The van der Waals surface area contributed by atoms with Crippen LogP contribution in [-0.2, 0) is 0 Å². The van der Waals surface area contributed by atoms with Gasteiger partial charge in [-0.2, -0.15) is 0 Å². The van der Waals surface area contributed by atoms with E-state index in [2.05, 4.69) is 5.32 Å². The standard InChI is InChI=1S/C14H14N2O3/c1-19-13-7-2-9(8-12(13)17)14(18)16-11-5-3-10(15)4-6-11/h2-8,17H,15H2,1H3,(H,16,18). The molecule has 4 N–H and O–H groups in total. The van der Waals surface area contributed by atoms with E-state index < -0.39 is 0 Å². The number of nitrogens with one attached hydrogen (secondary N) is 1. The van der Waals surface area contributed by atoms with Gasteiger partial charge in [-0.25, -0.2) is 0 Å². The smallest absolute Gasteiger partial charge is 0.255 e. The van der Waals surface area contributed by atoms with Crippen molar-refractivity contribution >= 4 is 17.3 Å². The van der Waals surface area contributed by atoms with Crippen LogP contribution in [0.3, 0.4) is 0 Å². The number of rotatable bonds is 3. The number of hydrogen-bond acceptors (Lipinski definition) is 4. The van der Waals surface area contributed by atoms with Crippen molar-refractivity contribution in [3.05, 3.63) is 48.0 Å². The Morgan fingerprint density at radius 1 is 1.21 bits per heavy atom. The zero-order valence-corrected chi connectivity index (χ0v) is 10.4. The molecule has 0 aliphatic carbocycles. The summed E-state index contributed by atoms with van der Waals surface area (Å²) in [6.07, 6.45) is 0. The van der Waals surface area contributed by atoms with E-state index in [9.17, 15) is 9.90 Å². The van der Waals surface area contributed by atoms with Crippen molar-refractivity contribution in [1.82, 2.24) is 0 Å². The predicted octanol–water partition coefficient (Wildman–Crippen LogP) is 2.24. The molecular formula is C14H14N2O3. The topological polar surface area (TPSA) is 84.6 Å². The molecule has 0 unspecified atom stereocenters. The Hall–Kier alpha value is -2.69. The van der Waals surface area contributed by atoms with Crippen molar-refractivity contribution in [3.63, 3.8) is 0 Å². The summed E-state index contributed by atoms with van der Waals surface area (Å²) in [5, 5.41) is 12.3. The Bertz CT molecular complexity index is 594. The molecule has 0 atom stereocenters. The first-order valence-corrected chi connectivity index (χ1v) is 5.64. The first-order valence-electron chi connectivity index (χ1n) is 5.64. The Morgan fingerprint density at radius 2 is 1.89 bits per heavy atom. The highest BCUT2D eigenvalue weighted by Crippen LogP contribution is 2.26. The number of ether oxygens (including phenoxy) is 1. The molecule has 0 saturated carbocycles. The maximum Gasteiger partial charge on any atom is 0.255 e. The van der Waals surface area contributed by atoms with Crippen molar-refractivity contribution in [2.75, 3.05) is 18.2 Å². The van der Waals surface area contributed by atoms with Crippen LogP contribution in [0.2, 0.25) is 0 Å². The van der Waals surface area contributed by atoms with Crippen LogP contribution in [-0.4, -0.2) is 18.1 Å². The quantitative estimate of drug-likeness (QED) is 0.737. The molecule has 5 heteroatoms. The summed E-state index contributed by atoms with van der Waals surface area (Å²) in [6.45, 7) is 0. The minimum Gasteiger partial charge on any atom is -0.504 e. The van der Waals surface area contributed by atoms with E-state index in [1.165, 1.54) is 19.2 Å². The number of nitrogen functional groups attached to an aromatic ring is 1. The largest absolute Gasteiger partial charge is 0.504 e. The number of anilines is 2. The number of methoxy groups -OCH3 is 1. The third-order valence-corrected chi connectivity index (χ3v) is 2.61. The SMILES string of the molecule is COc1ccc(C(=O)Nc2ccc(N)cc2)cc1O. The van der Waals surface area contributed by atoms with Gasteiger partial charge in [0.05, 0.1) is 7.11 Å². The van der Waals surface area contributed by atoms with Gasteiger partial charge in [-0.15, -0.1) is 0 Å². The molecule has 0 radical (unpaired) electrons. The minimum atomic E-state index is -0.317. The van der Waals surface area contributed by atoms with Crippen molar-refractivity contribution in [1.29, 1.82) is 0 Å². The van der Waals surface area contributed by atoms with Gasteiger partial charge in [0.2, 0.25) is 0 Å². The summed E-state index contributed by atoms with van der Waals surface area (Å²) in [7, 11) is 1.45. The third-order valence-electron chi connectivity index (χ3n) is 2.61. The molecule has 0 aromatic heterocycles. The lowest BCUT2D eigenvalue weighted by atomic mass is 10.2. The van der Waals surface area contributed by atoms with Crippen LogP contribution in [0.5, 0.6) is 11.5 Å². The van der Waals surface area contributed by atoms with Gasteiger partial charge < -0.3 is 20.9 Å². The maximum absolute atomic E-state index is 12.0. The molecule has 2 aromatic rings. The minimum absolute atomic E-state index is 0.0764. The molecule has 2 aromatic carbocycles. The lowest BCUT2D eigenvalue weighted by Gasteiger charge is -2.07. The third kappa shape index (κ3) is 2.95. The highest BCUT2D eigenvalue weighted by atomic mass is 16.5. The number of aromatic hydroxyl groups is 1.